The zero-order chi connectivity index (χ0) is 22.7. The molecule has 0 aliphatic carbocycles. The molecule has 0 unspecified atom stereocenters. The van der Waals surface area contributed by atoms with Crippen LogP contribution < -0.4 is 10.6 Å². The Balaban J connectivity index is 2.13. The SMILES string of the molecule is CCN(CC(=O)Nc1cc(C(C)(C)C)nn1C(C)(C)C)C(=O)Nc1cccc(Cl)c1. The average molecular weight is 434 g/mol. The van der Waals surface area contributed by atoms with E-state index in [9.17, 15) is 9.59 Å². The van der Waals surface area contributed by atoms with Gasteiger partial charge in [0.2, 0.25) is 5.91 Å². The maximum absolute atomic E-state index is 12.7. The van der Waals surface area contributed by atoms with Gasteiger partial charge >= 0.3 is 6.03 Å². The van der Waals surface area contributed by atoms with Crippen LogP contribution in [0.5, 0.6) is 0 Å². The predicted molar refractivity (Wildman–Crippen MR) is 122 cm³/mol. The van der Waals surface area contributed by atoms with Crippen molar-refractivity contribution in [1.82, 2.24) is 14.7 Å². The molecule has 0 bridgehead atoms. The largest absolute Gasteiger partial charge is 0.322 e. The van der Waals surface area contributed by atoms with E-state index < -0.39 is 0 Å². The zero-order valence-electron chi connectivity index (χ0n) is 18.8. The third-order valence-electron chi connectivity index (χ3n) is 4.46. The average Bonchev–Trinajstić information content (AvgIpc) is 3.04. The van der Waals surface area contributed by atoms with E-state index in [1.54, 1.807) is 24.3 Å². The fraction of sp³-hybridized carbons (Fsp3) is 0.500. The molecule has 30 heavy (non-hydrogen) atoms. The Morgan fingerprint density at radius 3 is 2.30 bits per heavy atom. The summed E-state index contributed by atoms with van der Waals surface area (Å²) in [5.41, 5.74) is 1.01. The van der Waals surface area contributed by atoms with Gasteiger partial charge in [0, 0.05) is 28.7 Å². The van der Waals surface area contributed by atoms with Crippen molar-refractivity contribution in [3.63, 3.8) is 0 Å². The van der Waals surface area contributed by atoms with Gasteiger partial charge in [-0.2, -0.15) is 5.10 Å². The number of hydrogen-bond acceptors (Lipinski definition) is 3. The standard InChI is InChI=1S/C22H32ClN5O2/c1-8-27(20(30)24-16-11-9-10-15(23)12-16)14-19(29)25-18-13-17(21(2,3)4)26-28(18)22(5,6)7/h9-13H,8,14H2,1-7H3,(H,24,30)(H,25,29). The summed E-state index contributed by atoms with van der Waals surface area (Å²) < 4.78 is 1.81. The molecule has 8 heteroatoms. The number of benzene rings is 1. The van der Waals surface area contributed by atoms with Crippen LogP contribution in [0.2, 0.25) is 5.02 Å². The van der Waals surface area contributed by atoms with Crippen LogP contribution >= 0.6 is 11.6 Å². The van der Waals surface area contributed by atoms with Crippen LogP contribution in [0.4, 0.5) is 16.3 Å². The second kappa shape index (κ2) is 9.08. The Bertz CT molecular complexity index is 909. The predicted octanol–water partition coefficient (Wildman–Crippen LogP) is 5.08. The quantitative estimate of drug-likeness (QED) is 0.689. The van der Waals surface area contributed by atoms with Gasteiger partial charge in [-0.25, -0.2) is 9.48 Å². The summed E-state index contributed by atoms with van der Waals surface area (Å²) in [5, 5.41) is 10.9. The first-order chi connectivity index (χ1) is 13.8. The Labute approximate surface area is 183 Å². The van der Waals surface area contributed by atoms with Crippen LogP contribution in [0, 0.1) is 0 Å². The molecule has 164 valence electrons. The number of carbonyl (C=O) groups excluding carboxylic acids is 2. The van der Waals surface area contributed by atoms with E-state index in [0.717, 1.165) is 5.69 Å². The van der Waals surface area contributed by atoms with Crippen LogP contribution in [0.3, 0.4) is 0 Å². The lowest BCUT2D eigenvalue weighted by atomic mass is 9.92. The molecule has 1 heterocycles. The van der Waals surface area contributed by atoms with Gasteiger partial charge in [-0.15, -0.1) is 0 Å². The Morgan fingerprint density at radius 2 is 1.77 bits per heavy atom. The number of carbonyl (C=O) groups is 2. The second-order valence-electron chi connectivity index (χ2n) is 9.25. The van der Waals surface area contributed by atoms with Crippen molar-refractivity contribution in [3.8, 4) is 0 Å². The van der Waals surface area contributed by atoms with Crippen molar-refractivity contribution in [2.75, 3.05) is 23.7 Å². The first kappa shape index (κ1) is 23.7. The van der Waals surface area contributed by atoms with Gasteiger partial charge < -0.3 is 15.5 Å². The summed E-state index contributed by atoms with van der Waals surface area (Å²) in [4.78, 5) is 26.7. The van der Waals surface area contributed by atoms with Gasteiger partial charge in [0.1, 0.15) is 12.4 Å². The molecule has 0 spiro atoms. The summed E-state index contributed by atoms with van der Waals surface area (Å²) in [6, 6.07) is 8.41. The fourth-order valence-corrected chi connectivity index (χ4v) is 2.99. The number of hydrogen-bond donors (Lipinski definition) is 2. The van der Waals surface area contributed by atoms with E-state index in [1.807, 2.05) is 38.4 Å². The van der Waals surface area contributed by atoms with E-state index in [0.29, 0.717) is 23.1 Å². The van der Waals surface area contributed by atoms with Crippen molar-refractivity contribution in [3.05, 3.63) is 41.0 Å². The topological polar surface area (TPSA) is 79.3 Å². The lowest BCUT2D eigenvalue weighted by molar-refractivity contribution is -0.116. The maximum Gasteiger partial charge on any atom is 0.322 e. The van der Waals surface area contributed by atoms with Gasteiger partial charge in [0.25, 0.3) is 0 Å². The smallest absolute Gasteiger partial charge is 0.315 e. The van der Waals surface area contributed by atoms with Gasteiger partial charge in [-0.3, -0.25) is 4.79 Å². The maximum atomic E-state index is 12.7. The summed E-state index contributed by atoms with van der Waals surface area (Å²) in [6.07, 6.45) is 0. The fourth-order valence-electron chi connectivity index (χ4n) is 2.80. The minimum absolute atomic E-state index is 0.0803. The number of nitrogens with one attached hydrogen (secondary N) is 2. The molecule has 0 saturated heterocycles. The molecule has 0 fully saturated rings. The Hall–Kier alpha value is -2.54. The van der Waals surface area contributed by atoms with Crippen molar-refractivity contribution < 1.29 is 9.59 Å². The molecule has 2 aromatic rings. The lowest BCUT2D eigenvalue weighted by Gasteiger charge is -2.24. The van der Waals surface area contributed by atoms with Crippen LogP contribution in [-0.4, -0.2) is 39.7 Å². The highest BCUT2D eigenvalue weighted by molar-refractivity contribution is 6.30. The highest BCUT2D eigenvalue weighted by Gasteiger charge is 2.26. The number of aromatic nitrogens is 2. The molecule has 1 aromatic carbocycles. The van der Waals surface area contributed by atoms with Crippen LogP contribution in [-0.2, 0) is 15.7 Å². The van der Waals surface area contributed by atoms with E-state index >= 15 is 0 Å². The number of rotatable bonds is 5. The molecule has 3 amide bonds. The zero-order valence-corrected chi connectivity index (χ0v) is 19.6. The second-order valence-corrected chi connectivity index (χ2v) is 9.69. The number of anilines is 2. The van der Waals surface area contributed by atoms with Crippen LogP contribution in [0.1, 0.15) is 54.2 Å². The molecule has 2 N–H and O–H groups in total. The number of nitrogens with zero attached hydrogens (tertiary/aromatic N) is 3. The number of halogens is 1. The van der Waals surface area contributed by atoms with E-state index in [-0.39, 0.29) is 29.4 Å². The first-order valence-electron chi connectivity index (χ1n) is 10.0. The summed E-state index contributed by atoms with van der Waals surface area (Å²) >= 11 is 5.96. The molecule has 0 aliphatic heterocycles. The normalized spacial score (nSPS) is 11.9. The monoisotopic (exact) mass is 433 g/mol. The highest BCUT2D eigenvalue weighted by Crippen LogP contribution is 2.28. The lowest BCUT2D eigenvalue weighted by Crippen LogP contribution is -2.41. The van der Waals surface area contributed by atoms with Crippen LogP contribution in [0.15, 0.2) is 30.3 Å². The summed E-state index contributed by atoms with van der Waals surface area (Å²) in [5.74, 6) is 0.327. The van der Waals surface area contributed by atoms with Crippen molar-refractivity contribution in [1.29, 1.82) is 0 Å². The Kier molecular flexibility index (Phi) is 7.18. The molecular formula is C22H32ClN5O2. The molecule has 2 rings (SSSR count). The van der Waals surface area contributed by atoms with Crippen molar-refractivity contribution in [2.45, 2.75) is 59.4 Å². The highest BCUT2D eigenvalue weighted by atomic mass is 35.5. The summed E-state index contributed by atoms with van der Waals surface area (Å²) in [6.45, 7) is 14.4. The Morgan fingerprint density at radius 1 is 1.10 bits per heavy atom. The molecule has 1 aromatic heterocycles. The number of likely N-dealkylation sites (N-methyl/N-ethyl adjacent to an activating group) is 1. The molecule has 0 aliphatic rings. The van der Waals surface area contributed by atoms with Gasteiger partial charge in [-0.1, -0.05) is 38.4 Å². The molecule has 0 saturated carbocycles. The van der Waals surface area contributed by atoms with E-state index in [4.69, 9.17) is 16.7 Å². The third-order valence-corrected chi connectivity index (χ3v) is 4.70. The van der Waals surface area contributed by atoms with Crippen molar-refractivity contribution >= 4 is 35.0 Å². The van der Waals surface area contributed by atoms with Gasteiger partial charge in [-0.05, 0) is 45.9 Å². The van der Waals surface area contributed by atoms with E-state index in [2.05, 4.69) is 31.4 Å². The molecular weight excluding hydrogens is 402 g/mol. The third kappa shape index (κ3) is 6.23. The molecule has 7 nitrogen and oxygen atoms in total. The van der Waals surface area contributed by atoms with Crippen molar-refractivity contribution in [2.24, 2.45) is 0 Å². The van der Waals surface area contributed by atoms with Gasteiger partial charge in [0.15, 0.2) is 0 Å². The molecule has 0 radical (unpaired) electrons. The summed E-state index contributed by atoms with van der Waals surface area (Å²) in [7, 11) is 0. The van der Waals surface area contributed by atoms with Crippen LogP contribution in [0.25, 0.3) is 0 Å². The number of amides is 3. The first-order valence-corrected chi connectivity index (χ1v) is 10.4. The van der Waals surface area contributed by atoms with E-state index in [1.165, 1.54) is 4.90 Å². The van der Waals surface area contributed by atoms with Gasteiger partial charge in [0.05, 0.1) is 11.2 Å². The molecule has 0 atom stereocenters. The number of urea groups is 1. The minimum atomic E-state index is -0.366. The minimum Gasteiger partial charge on any atom is -0.315 e.